The van der Waals surface area contributed by atoms with Crippen molar-refractivity contribution in [3.8, 4) is 0 Å². The van der Waals surface area contributed by atoms with Gasteiger partial charge in [0.2, 0.25) is 0 Å². The first-order chi connectivity index (χ1) is 11.7. The lowest BCUT2D eigenvalue weighted by Gasteiger charge is -2.26. The maximum Gasteiger partial charge on any atom is 0.182 e. The van der Waals surface area contributed by atoms with E-state index in [2.05, 4.69) is 30.0 Å². The standard InChI is InChI=1S/C21H24N2O.BrH/c1-17-9-8-12-19(15-17)23(21-13-6-3-7-14-22-21)16-20(24)18-10-4-2-5-11-18;/h2,4-5,8-12,15H,3,6-7,13-14,16H2,1H3;1H. The van der Waals surface area contributed by atoms with Gasteiger partial charge in [0.1, 0.15) is 5.84 Å². The van der Waals surface area contributed by atoms with E-state index < -0.39 is 0 Å². The highest BCUT2D eigenvalue weighted by molar-refractivity contribution is 8.93. The van der Waals surface area contributed by atoms with E-state index in [1.54, 1.807) is 0 Å². The molecule has 0 N–H and O–H groups in total. The van der Waals surface area contributed by atoms with Crippen LogP contribution in [0.15, 0.2) is 59.6 Å². The second-order valence-electron chi connectivity index (χ2n) is 6.32. The normalized spacial score (nSPS) is 14.0. The average molecular weight is 401 g/mol. The van der Waals surface area contributed by atoms with Crippen molar-refractivity contribution in [1.82, 2.24) is 0 Å². The van der Waals surface area contributed by atoms with Gasteiger partial charge in [-0.3, -0.25) is 9.79 Å². The van der Waals surface area contributed by atoms with Gasteiger partial charge >= 0.3 is 0 Å². The number of aliphatic imine (C=N–C) groups is 1. The van der Waals surface area contributed by atoms with Crippen LogP contribution in [0, 0.1) is 6.92 Å². The summed E-state index contributed by atoms with van der Waals surface area (Å²) in [7, 11) is 0. The van der Waals surface area contributed by atoms with Crippen molar-refractivity contribution in [3.63, 3.8) is 0 Å². The molecular formula is C21H25BrN2O. The number of nitrogens with zero attached hydrogens (tertiary/aromatic N) is 2. The Labute approximate surface area is 160 Å². The predicted octanol–water partition coefficient (Wildman–Crippen LogP) is 5.23. The lowest BCUT2D eigenvalue weighted by atomic mass is 10.1. The van der Waals surface area contributed by atoms with Gasteiger partial charge in [0.05, 0.1) is 6.54 Å². The van der Waals surface area contributed by atoms with E-state index in [0.29, 0.717) is 6.54 Å². The first-order valence-corrected chi connectivity index (χ1v) is 8.70. The molecule has 25 heavy (non-hydrogen) atoms. The Balaban J connectivity index is 0.00000225. The van der Waals surface area contributed by atoms with Gasteiger partial charge in [0.25, 0.3) is 0 Å². The Morgan fingerprint density at radius 3 is 2.60 bits per heavy atom. The van der Waals surface area contributed by atoms with Crippen molar-refractivity contribution in [2.24, 2.45) is 4.99 Å². The summed E-state index contributed by atoms with van der Waals surface area (Å²) < 4.78 is 0. The fourth-order valence-electron chi connectivity index (χ4n) is 3.07. The number of carbonyl (C=O) groups is 1. The Morgan fingerprint density at radius 1 is 1.04 bits per heavy atom. The molecule has 3 nitrogen and oxygen atoms in total. The van der Waals surface area contributed by atoms with Crippen LogP contribution in [0.4, 0.5) is 5.69 Å². The molecule has 2 aromatic rings. The molecule has 0 unspecified atom stereocenters. The van der Waals surface area contributed by atoms with Crippen LogP contribution >= 0.6 is 17.0 Å². The third kappa shape index (κ3) is 5.27. The van der Waals surface area contributed by atoms with Gasteiger partial charge in [-0.1, -0.05) is 48.9 Å². The summed E-state index contributed by atoms with van der Waals surface area (Å²) in [6, 6.07) is 17.8. The molecule has 0 amide bonds. The number of anilines is 1. The summed E-state index contributed by atoms with van der Waals surface area (Å²) in [5.41, 5.74) is 3.00. The highest BCUT2D eigenvalue weighted by Gasteiger charge is 2.19. The molecular weight excluding hydrogens is 376 g/mol. The van der Waals surface area contributed by atoms with Crippen molar-refractivity contribution in [1.29, 1.82) is 0 Å². The molecule has 0 spiro atoms. The molecule has 0 atom stereocenters. The second kappa shape index (κ2) is 9.52. The highest BCUT2D eigenvalue weighted by atomic mass is 79.9. The number of rotatable bonds is 4. The monoisotopic (exact) mass is 400 g/mol. The predicted molar refractivity (Wildman–Crippen MR) is 110 cm³/mol. The van der Waals surface area contributed by atoms with Crippen LogP contribution in [-0.2, 0) is 0 Å². The molecule has 1 aliphatic heterocycles. The number of carbonyl (C=O) groups excluding carboxylic acids is 1. The van der Waals surface area contributed by atoms with Crippen LogP contribution < -0.4 is 4.90 Å². The molecule has 0 radical (unpaired) electrons. The molecule has 0 saturated heterocycles. The molecule has 1 aliphatic rings. The first kappa shape index (κ1) is 19.4. The largest absolute Gasteiger partial charge is 0.322 e. The fraction of sp³-hybridized carbons (Fsp3) is 0.333. The zero-order chi connectivity index (χ0) is 16.8. The van der Waals surface area contributed by atoms with Crippen molar-refractivity contribution >= 4 is 34.3 Å². The first-order valence-electron chi connectivity index (χ1n) is 8.70. The van der Waals surface area contributed by atoms with Crippen LogP contribution in [0.3, 0.4) is 0 Å². The molecule has 4 heteroatoms. The van der Waals surface area contributed by atoms with E-state index in [4.69, 9.17) is 4.99 Å². The second-order valence-corrected chi connectivity index (χ2v) is 6.32. The van der Waals surface area contributed by atoms with Crippen LogP contribution in [0.2, 0.25) is 0 Å². The Morgan fingerprint density at radius 2 is 1.84 bits per heavy atom. The topological polar surface area (TPSA) is 32.7 Å². The van der Waals surface area contributed by atoms with E-state index in [-0.39, 0.29) is 22.8 Å². The van der Waals surface area contributed by atoms with E-state index in [1.807, 2.05) is 36.4 Å². The molecule has 3 rings (SSSR count). The number of amidine groups is 1. The van der Waals surface area contributed by atoms with Crippen LogP contribution in [-0.4, -0.2) is 24.7 Å². The molecule has 0 aromatic heterocycles. The number of hydrogen-bond acceptors (Lipinski definition) is 3. The van der Waals surface area contributed by atoms with Crippen molar-refractivity contribution < 1.29 is 4.79 Å². The summed E-state index contributed by atoms with van der Waals surface area (Å²) in [5, 5.41) is 0. The zero-order valence-corrected chi connectivity index (χ0v) is 16.4. The van der Waals surface area contributed by atoms with E-state index in [9.17, 15) is 4.79 Å². The fourth-order valence-corrected chi connectivity index (χ4v) is 3.07. The quantitative estimate of drug-likeness (QED) is 0.657. The van der Waals surface area contributed by atoms with Gasteiger partial charge in [0.15, 0.2) is 5.78 Å². The summed E-state index contributed by atoms with van der Waals surface area (Å²) in [6.45, 7) is 3.28. The van der Waals surface area contributed by atoms with E-state index >= 15 is 0 Å². The smallest absolute Gasteiger partial charge is 0.182 e. The van der Waals surface area contributed by atoms with Crippen molar-refractivity contribution in [3.05, 3.63) is 65.7 Å². The van der Waals surface area contributed by atoms with E-state index in [1.165, 1.54) is 12.0 Å². The van der Waals surface area contributed by atoms with Crippen molar-refractivity contribution in [2.75, 3.05) is 18.0 Å². The molecule has 132 valence electrons. The number of halogens is 1. The maximum atomic E-state index is 12.7. The van der Waals surface area contributed by atoms with Gasteiger partial charge in [-0.15, -0.1) is 17.0 Å². The number of aryl methyl sites for hydroxylation is 1. The Hall–Kier alpha value is -1.94. The van der Waals surface area contributed by atoms with Gasteiger partial charge < -0.3 is 4.90 Å². The lowest BCUT2D eigenvalue weighted by molar-refractivity contribution is 0.100. The summed E-state index contributed by atoms with van der Waals surface area (Å²) >= 11 is 0. The van der Waals surface area contributed by atoms with Gasteiger partial charge in [-0.2, -0.15) is 0 Å². The minimum absolute atomic E-state index is 0. The average Bonchev–Trinajstić information content (AvgIpc) is 2.89. The number of Topliss-reactive ketones (excluding diaryl/α,β-unsaturated/α-hetero) is 1. The third-order valence-electron chi connectivity index (χ3n) is 4.38. The zero-order valence-electron chi connectivity index (χ0n) is 14.6. The Kier molecular flexibility index (Phi) is 7.38. The molecule has 2 aromatic carbocycles. The van der Waals surface area contributed by atoms with Gasteiger partial charge in [-0.05, 0) is 37.5 Å². The molecule has 0 fully saturated rings. The van der Waals surface area contributed by atoms with Gasteiger partial charge in [0, 0.05) is 24.2 Å². The molecule has 1 heterocycles. The van der Waals surface area contributed by atoms with Crippen LogP contribution in [0.5, 0.6) is 0 Å². The SMILES string of the molecule is Br.Cc1cccc(N(CC(=O)c2ccccc2)C2=NCCCCC2)c1. The summed E-state index contributed by atoms with van der Waals surface area (Å²) in [6.07, 6.45) is 4.43. The Bertz CT molecular complexity index is 728. The summed E-state index contributed by atoms with van der Waals surface area (Å²) in [4.78, 5) is 19.6. The molecule has 0 saturated carbocycles. The van der Waals surface area contributed by atoms with Crippen LogP contribution in [0.1, 0.15) is 41.6 Å². The minimum Gasteiger partial charge on any atom is -0.322 e. The lowest BCUT2D eigenvalue weighted by Crippen LogP contribution is -2.36. The number of benzene rings is 2. The maximum absolute atomic E-state index is 12.7. The molecule has 0 aliphatic carbocycles. The number of ketones is 1. The number of hydrogen-bond donors (Lipinski definition) is 0. The van der Waals surface area contributed by atoms with Crippen LogP contribution in [0.25, 0.3) is 0 Å². The van der Waals surface area contributed by atoms with E-state index in [0.717, 1.165) is 42.9 Å². The summed E-state index contributed by atoms with van der Waals surface area (Å²) in [5.74, 6) is 1.17. The molecule has 0 bridgehead atoms. The minimum atomic E-state index is 0. The third-order valence-corrected chi connectivity index (χ3v) is 4.38. The van der Waals surface area contributed by atoms with Gasteiger partial charge in [-0.25, -0.2) is 0 Å². The van der Waals surface area contributed by atoms with Crippen molar-refractivity contribution in [2.45, 2.75) is 32.6 Å². The highest BCUT2D eigenvalue weighted by Crippen LogP contribution is 2.21.